The number of nitrogens with zero attached hydrogens (tertiary/aromatic N) is 1. The molecule has 3 rings (SSSR count). The maximum Gasteiger partial charge on any atom is 0.0323 e. The first-order valence-electron chi connectivity index (χ1n) is 7.24. The van der Waals surface area contributed by atoms with Crippen LogP contribution in [0.1, 0.15) is 31.4 Å². The molecule has 100 valence electrons. The van der Waals surface area contributed by atoms with Gasteiger partial charge in [0.15, 0.2) is 0 Å². The Morgan fingerprint density at radius 3 is 2.58 bits per heavy atom. The van der Waals surface area contributed by atoms with Gasteiger partial charge in [0.1, 0.15) is 0 Å². The van der Waals surface area contributed by atoms with Gasteiger partial charge in [0.05, 0.1) is 0 Å². The third kappa shape index (κ3) is 2.65. The average Bonchev–Trinajstić information content (AvgIpc) is 3.28. The van der Waals surface area contributed by atoms with Crippen LogP contribution in [0.2, 0.25) is 0 Å². The molecule has 0 bridgehead atoms. The minimum absolute atomic E-state index is 0.459. The Morgan fingerprint density at radius 1 is 1.16 bits per heavy atom. The van der Waals surface area contributed by atoms with Gasteiger partial charge in [0.25, 0.3) is 0 Å². The molecule has 1 aliphatic rings. The van der Waals surface area contributed by atoms with Gasteiger partial charge in [0.2, 0.25) is 0 Å². The minimum Gasteiger partial charge on any atom is -0.329 e. The van der Waals surface area contributed by atoms with E-state index < -0.39 is 0 Å². The maximum absolute atomic E-state index is 5.76. The Hall–Kier alpha value is -1.38. The van der Waals surface area contributed by atoms with Gasteiger partial charge in [-0.2, -0.15) is 0 Å². The molecule has 1 unspecified atom stereocenters. The monoisotopic (exact) mass is 254 g/mol. The fraction of sp³-hybridized carbons (Fsp3) is 0.412. The molecule has 2 nitrogen and oxygen atoms in total. The van der Waals surface area contributed by atoms with Crippen LogP contribution in [0, 0.1) is 0 Å². The van der Waals surface area contributed by atoms with E-state index in [-0.39, 0.29) is 0 Å². The van der Waals surface area contributed by atoms with Gasteiger partial charge in [0, 0.05) is 25.2 Å². The molecular formula is C17H22N2. The van der Waals surface area contributed by atoms with Crippen molar-refractivity contribution in [2.75, 3.05) is 13.1 Å². The zero-order chi connectivity index (χ0) is 13.2. The lowest BCUT2D eigenvalue weighted by atomic mass is 10.0. The lowest BCUT2D eigenvalue weighted by Gasteiger charge is -2.29. The van der Waals surface area contributed by atoms with Gasteiger partial charge in [-0.15, -0.1) is 0 Å². The van der Waals surface area contributed by atoms with Crippen LogP contribution in [0.5, 0.6) is 0 Å². The zero-order valence-corrected chi connectivity index (χ0v) is 11.5. The van der Waals surface area contributed by atoms with E-state index in [0.717, 1.165) is 19.1 Å². The Balaban J connectivity index is 1.89. The predicted molar refractivity (Wildman–Crippen MR) is 81.1 cm³/mol. The van der Waals surface area contributed by atoms with E-state index in [1.54, 1.807) is 0 Å². The summed E-state index contributed by atoms with van der Waals surface area (Å²) < 4.78 is 0. The first-order chi connectivity index (χ1) is 9.29. The summed E-state index contributed by atoms with van der Waals surface area (Å²) in [6.07, 6.45) is 2.66. The van der Waals surface area contributed by atoms with E-state index in [9.17, 15) is 0 Å². The molecule has 2 N–H and O–H groups in total. The summed E-state index contributed by atoms with van der Waals surface area (Å²) >= 11 is 0. The average molecular weight is 254 g/mol. The molecule has 2 aromatic carbocycles. The molecular weight excluding hydrogens is 232 g/mol. The van der Waals surface area contributed by atoms with Gasteiger partial charge in [-0.3, -0.25) is 4.90 Å². The van der Waals surface area contributed by atoms with Gasteiger partial charge >= 0.3 is 0 Å². The highest BCUT2D eigenvalue weighted by Gasteiger charge is 2.32. The van der Waals surface area contributed by atoms with Crippen LogP contribution in [0.3, 0.4) is 0 Å². The van der Waals surface area contributed by atoms with Gasteiger partial charge < -0.3 is 5.73 Å². The molecule has 0 heterocycles. The molecule has 0 aliphatic heterocycles. The lowest BCUT2D eigenvalue weighted by molar-refractivity contribution is 0.206. The number of hydrogen-bond acceptors (Lipinski definition) is 2. The molecule has 1 atom stereocenters. The highest BCUT2D eigenvalue weighted by Crippen LogP contribution is 2.34. The summed E-state index contributed by atoms with van der Waals surface area (Å²) in [5.74, 6) is 0. The summed E-state index contributed by atoms with van der Waals surface area (Å²) in [5.41, 5.74) is 7.16. The zero-order valence-electron chi connectivity index (χ0n) is 11.5. The van der Waals surface area contributed by atoms with Crippen molar-refractivity contribution in [2.24, 2.45) is 5.73 Å². The fourth-order valence-corrected chi connectivity index (χ4v) is 2.91. The Labute approximate surface area is 115 Å². The molecule has 19 heavy (non-hydrogen) atoms. The van der Waals surface area contributed by atoms with E-state index in [2.05, 4.69) is 54.3 Å². The number of hydrogen-bond donors (Lipinski definition) is 1. The van der Waals surface area contributed by atoms with Crippen LogP contribution in [-0.2, 0) is 0 Å². The summed E-state index contributed by atoms with van der Waals surface area (Å²) in [4.78, 5) is 2.56. The van der Waals surface area contributed by atoms with Crippen molar-refractivity contribution in [1.82, 2.24) is 4.90 Å². The first-order valence-corrected chi connectivity index (χ1v) is 7.24. The summed E-state index contributed by atoms with van der Waals surface area (Å²) in [7, 11) is 0. The SMILES string of the molecule is CC(c1ccc2ccccc2c1)N(CCN)C1CC1. The van der Waals surface area contributed by atoms with Crippen molar-refractivity contribution >= 4 is 10.8 Å². The van der Waals surface area contributed by atoms with E-state index >= 15 is 0 Å². The van der Waals surface area contributed by atoms with Crippen LogP contribution in [-0.4, -0.2) is 24.0 Å². The normalized spacial score (nSPS) is 17.0. The molecule has 1 fully saturated rings. The molecule has 0 aromatic heterocycles. The third-order valence-electron chi connectivity index (χ3n) is 4.16. The van der Waals surface area contributed by atoms with Gasteiger partial charge in [-0.05, 0) is 42.2 Å². The predicted octanol–water partition coefficient (Wildman–Crippen LogP) is 3.32. The quantitative estimate of drug-likeness (QED) is 0.887. The van der Waals surface area contributed by atoms with Crippen LogP contribution in [0.25, 0.3) is 10.8 Å². The highest BCUT2D eigenvalue weighted by molar-refractivity contribution is 5.83. The summed E-state index contributed by atoms with van der Waals surface area (Å²) in [5, 5.41) is 2.64. The van der Waals surface area contributed by atoms with Crippen LogP contribution < -0.4 is 5.73 Å². The Morgan fingerprint density at radius 2 is 1.89 bits per heavy atom. The standard InChI is InChI=1S/C17H22N2/c1-13(19(11-10-18)17-8-9-17)15-7-6-14-4-2-3-5-16(14)12-15/h2-7,12-13,17H,8-11,18H2,1H3. The number of nitrogens with two attached hydrogens (primary N) is 1. The lowest BCUT2D eigenvalue weighted by Crippen LogP contribution is -2.33. The van der Waals surface area contributed by atoms with Crippen molar-refractivity contribution in [1.29, 1.82) is 0 Å². The van der Waals surface area contributed by atoms with Crippen molar-refractivity contribution in [3.05, 3.63) is 48.0 Å². The van der Waals surface area contributed by atoms with E-state index in [0.29, 0.717) is 6.04 Å². The molecule has 0 radical (unpaired) electrons. The largest absolute Gasteiger partial charge is 0.329 e. The first kappa shape index (κ1) is 12.6. The van der Waals surface area contributed by atoms with Crippen molar-refractivity contribution in [3.63, 3.8) is 0 Å². The highest BCUT2D eigenvalue weighted by atomic mass is 15.2. The molecule has 1 aliphatic carbocycles. The fourth-order valence-electron chi connectivity index (χ4n) is 2.91. The van der Waals surface area contributed by atoms with Crippen molar-refractivity contribution < 1.29 is 0 Å². The molecule has 0 saturated heterocycles. The molecule has 1 saturated carbocycles. The van der Waals surface area contributed by atoms with Crippen molar-refractivity contribution in [3.8, 4) is 0 Å². The smallest absolute Gasteiger partial charge is 0.0323 e. The van der Waals surface area contributed by atoms with Crippen LogP contribution in [0.4, 0.5) is 0 Å². The summed E-state index contributed by atoms with van der Waals surface area (Å²) in [6, 6.07) is 16.6. The minimum atomic E-state index is 0.459. The second-order valence-electron chi connectivity index (χ2n) is 5.54. The van der Waals surface area contributed by atoms with Crippen molar-refractivity contribution in [2.45, 2.75) is 31.8 Å². The summed E-state index contributed by atoms with van der Waals surface area (Å²) in [6.45, 7) is 4.05. The number of rotatable bonds is 5. The van der Waals surface area contributed by atoms with Crippen LogP contribution in [0.15, 0.2) is 42.5 Å². The molecule has 0 amide bonds. The van der Waals surface area contributed by atoms with E-state index in [1.807, 2.05) is 0 Å². The van der Waals surface area contributed by atoms with E-state index in [4.69, 9.17) is 5.73 Å². The Kier molecular flexibility index (Phi) is 3.54. The second kappa shape index (κ2) is 5.32. The van der Waals surface area contributed by atoms with E-state index in [1.165, 1.54) is 29.2 Å². The number of benzene rings is 2. The topological polar surface area (TPSA) is 29.3 Å². The molecule has 2 aromatic rings. The Bertz CT molecular complexity index is 560. The van der Waals surface area contributed by atoms with Crippen LogP contribution >= 0.6 is 0 Å². The number of fused-ring (bicyclic) bond motifs is 1. The molecule has 2 heteroatoms. The third-order valence-corrected chi connectivity index (χ3v) is 4.16. The maximum atomic E-state index is 5.76. The van der Waals surface area contributed by atoms with Gasteiger partial charge in [-0.25, -0.2) is 0 Å². The van der Waals surface area contributed by atoms with Gasteiger partial charge in [-0.1, -0.05) is 36.4 Å². The second-order valence-corrected chi connectivity index (χ2v) is 5.54. The molecule has 0 spiro atoms.